The van der Waals surface area contributed by atoms with Crippen molar-refractivity contribution in [3.05, 3.63) is 0 Å². The van der Waals surface area contributed by atoms with Crippen molar-refractivity contribution >= 4 is 12.6 Å². The molecule has 0 aromatic heterocycles. The Bertz CT molecular complexity index is 128. The van der Waals surface area contributed by atoms with E-state index in [9.17, 15) is 8.78 Å². The summed E-state index contributed by atoms with van der Waals surface area (Å²) in [6.07, 6.45) is -2.24. The molecule has 0 radical (unpaired) electrons. The zero-order valence-corrected chi connectivity index (χ0v) is 8.74. The van der Waals surface area contributed by atoms with E-state index in [1.165, 1.54) is 0 Å². The number of hydrogen-bond acceptors (Lipinski definition) is 2. The average Bonchev–Trinajstić information content (AvgIpc) is 1.84. The topological polar surface area (TPSA) is 3.24 Å². The third-order valence-corrected chi connectivity index (χ3v) is 2.43. The normalized spacial score (nSPS) is 13.0. The molecule has 12 heavy (non-hydrogen) atoms. The third-order valence-electron chi connectivity index (χ3n) is 1.58. The minimum Gasteiger partial charge on any atom is -0.300 e. The van der Waals surface area contributed by atoms with Gasteiger partial charge in [0.15, 0.2) is 0 Å². The Hall–Kier alpha value is 0.170. The Morgan fingerprint density at radius 2 is 1.92 bits per heavy atom. The van der Waals surface area contributed by atoms with Crippen molar-refractivity contribution in [2.75, 3.05) is 25.9 Å². The highest BCUT2D eigenvalue weighted by Gasteiger charge is 2.19. The molecule has 0 unspecified atom stereocenters. The first-order valence-corrected chi connectivity index (χ1v) is 4.58. The number of thiol groups is 1. The van der Waals surface area contributed by atoms with Gasteiger partial charge in [0, 0.05) is 6.54 Å². The highest BCUT2D eigenvalue weighted by atomic mass is 32.1. The van der Waals surface area contributed by atoms with Crippen molar-refractivity contribution < 1.29 is 8.78 Å². The van der Waals surface area contributed by atoms with Crippen LogP contribution in [0.25, 0.3) is 0 Å². The van der Waals surface area contributed by atoms with E-state index in [0.29, 0.717) is 12.3 Å². The first kappa shape index (κ1) is 12.2. The fourth-order valence-electron chi connectivity index (χ4n) is 1.08. The molecule has 0 N–H and O–H groups in total. The summed E-state index contributed by atoms with van der Waals surface area (Å²) in [5.74, 6) is 0.709. The predicted molar refractivity (Wildman–Crippen MR) is 51.1 cm³/mol. The van der Waals surface area contributed by atoms with Gasteiger partial charge in [-0.05, 0) is 18.2 Å². The van der Waals surface area contributed by atoms with E-state index in [0.717, 1.165) is 0 Å². The largest absolute Gasteiger partial charge is 0.300 e. The number of nitrogens with zero attached hydrogens (tertiary/aromatic N) is 1. The predicted octanol–water partition coefficient (Wildman–Crippen LogP) is 2.14. The molecule has 0 saturated heterocycles. The molecule has 4 heteroatoms. The van der Waals surface area contributed by atoms with Gasteiger partial charge in [0.05, 0.1) is 6.54 Å². The van der Waals surface area contributed by atoms with Crippen molar-refractivity contribution in [1.29, 1.82) is 0 Å². The van der Waals surface area contributed by atoms with Gasteiger partial charge in [-0.3, -0.25) is 0 Å². The van der Waals surface area contributed by atoms with Crippen LogP contribution in [-0.2, 0) is 0 Å². The Kier molecular flexibility index (Phi) is 5.09. The molecule has 0 aliphatic carbocycles. The quantitative estimate of drug-likeness (QED) is 0.661. The van der Waals surface area contributed by atoms with E-state index in [-0.39, 0.29) is 12.0 Å². The van der Waals surface area contributed by atoms with Crippen molar-refractivity contribution in [2.45, 2.75) is 20.3 Å². The molecule has 0 fully saturated rings. The number of rotatable bonds is 5. The fraction of sp³-hybridized carbons (Fsp3) is 1.00. The Morgan fingerprint density at radius 1 is 1.42 bits per heavy atom. The number of alkyl halides is 2. The van der Waals surface area contributed by atoms with E-state index < -0.39 is 6.43 Å². The van der Waals surface area contributed by atoms with E-state index in [4.69, 9.17) is 0 Å². The van der Waals surface area contributed by atoms with Crippen LogP contribution in [0.4, 0.5) is 8.78 Å². The summed E-state index contributed by atoms with van der Waals surface area (Å²) in [5, 5.41) is 0. The Balaban J connectivity index is 3.75. The van der Waals surface area contributed by atoms with Crippen LogP contribution in [0.15, 0.2) is 0 Å². The summed E-state index contributed by atoms with van der Waals surface area (Å²) in [5.41, 5.74) is 0.00670. The average molecular weight is 197 g/mol. The van der Waals surface area contributed by atoms with Crippen LogP contribution in [0.5, 0.6) is 0 Å². The van der Waals surface area contributed by atoms with Crippen LogP contribution in [0.2, 0.25) is 0 Å². The molecule has 0 bridgehead atoms. The van der Waals surface area contributed by atoms with Crippen LogP contribution in [0, 0.1) is 5.41 Å². The molecular weight excluding hydrogens is 180 g/mol. The van der Waals surface area contributed by atoms with E-state index in [1.54, 1.807) is 11.9 Å². The van der Waals surface area contributed by atoms with Crippen LogP contribution in [0.3, 0.4) is 0 Å². The molecule has 0 atom stereocenters. The molecule has 74 valence electrons. The lowest BCUT2D eigenvalue weighted by atomic mass is 9.96. The Morgan fingerprint density at radius 3 is 2.25 bits per heavy atom. The molecule has 0 heterocycles. The van der Waals surface area contributed by atoms with Gasteiger partial charge in [0.2, 0.25) is 0 Å². The SMILES string of the molecule is CN(CC(F)F)CC(C)(C)CS. The molecule has 0 aromatic rings. The number of halogens is 2. The Labute approximate surface area is 78.5 Å². The lowest BCUT2D eigenvalue weighted by Crippen LogP contribution is -2.35. The zero-order valence-electron chi connectivity index (χ0n) is 7.85. The van der Waals surface area contributed by atoms with Crippen LogP contribution >= 0.6 is 12.6 Å². The summed E-state index contributed by atoms with van der Waals surface area (Å²) < 4.78 is 23.8. The molecule has 0 aliphatic rings. The second kappa shape index (κ2) is 5.02. The summed E-state index contributed by atoms with van der Waals surface area (Å²) in [4.78, 5) is 1.64. The lowest BCUT2D eigenvalue weighted by Gasteiger charge is -2.28. The lowest BCUT2D eigenvalue weighted by molar-refractivity contribution is 0.0862. The maximum atomic E-state index is 11.9. The summed E-state index contributed by atoms with van der Waals surface area (Å²) in [6, 6.07) is 0. The maximum Gasteiger partial charge on any atom is 0.251 e. The van der Waals surface area contributed by atoms with E-state index in [1.807, 2.05) is 13.8 Å². The first-order valence-electron chi connectivity index (χ1n) is 3.95. The number of hydrogen-bond donors (Lipinski definition) is 1. The van der Waals surface area contributed by atoms with Crippen molar-refractivity contribution in [2.24, 2.45) is 5.41 Å². The molecule has 0 rings (SSSR count). The van der Waals surface area contributed by atoms with Gasteiger partial charge in [0.1, 0.15) is 0 Å². The van der Waals surface area contributed by atoms with Crippen LogP contribution in [0.1, 0.15) is 13.8 Å². The second-order valence-electron chi connectivity index (χ2n) is 3.91. The van der Waals surface area contributed by atoms with Gasteiger partial charge in [0.25, 0.3) is 6.43 Å². The molecule has 0 saturated carbocycles. The highest BCUT2D eigenvalue weighted by Crippen LogP contribution is 2.17. The standard InChI is InChI=1S/C8H17F2NS/c1-8(2,6-12)5-11(3)4-7(9)10/h7,12H,4-6H2,1-3H3. The van der Waals surface area contributed by atoms with Crippen LogP contribution in [-0.4, -0.2) is 37.2 Å². The summed E-state index contributed by atoms with van der Waals surface area (Å²) in [6.45, 7) is 4.53. The second-order valence-corrected chi connectivity index (χ2v) is 4.23. The van der Waals surface area contributed by atoms with E-state index >= 15 is 0 Å². The minimum absolute atomic E-state index is 0.00670. The molecule has 0 aliphatic heterocycles. The third kappa shape index (κ3) is 5.77. The molecular formula is C8H17F2NS. The summed E-state index contributed by atoms with van der Waals surface area (Å²) in [7, 11) is 1.71. The van der Waals surface area contributed by atoms with Gasteiger partial charge in [-0.15, -0.1) is 0 Å². The van der Waals surface area contributed by atoms with Gasteiger partial charge in [-0.2, -0.15) is 12.6 Å². The van der Waals surface area contributed by atoms with Crippen molar-refractivity contribution in [3.8, 4) is 0 Å². The maximum absolute atomic E-state index is 11.9. The molecule has 0 aromatic carbocycles. The van der Waals surface area contributed by atoms with Gasteiger partial charge in [-0.1, -0.05) is 13.8 Å². The molecule has 1 nitrogen and oxygen atoms in total. The minimum atomic E-state index is -2.24. The highest BCUT2D eigenvalue weighted by molar-refractivity contribution is 7.80. The van der Waals surface area contributed by atoms with Crippen molar-refractivity contribution in [3.63, 3.8) is 0 Å². The van der Waals surface area contributed by atoms with E-state index in [2.05, 4.69) is 12.6 Å². The summed E-state index contributed by atoms with van der Waals surface area (Å²) >= 11 is 4.15. The van der Waals surface area contributed by atoms with Crippen molar-refractivity contribution in [1.82, 2.24) is 4.90 Å². The molecule has 0 spiro atoms. The van der Waals surface area contributed by atoms with Gasteiger partial charge < -0.3 is 4.90 Å². The van der Waals surface area contributed by atoms with Gasteiger partial charge in [-0.25, -0.2) is 8.78 Å². The monoisotopic (exact) mass is 197 g/mol. The zero-order chi connectivity index (χ0) is 9.78. The smallest absolute Gasteiger partial charge is 0.251 e. The fourth-order valence-corrected chi connectivity index (χ4v) is 1.18. The molecule has 0 amide bonds. The van der Waals surface area contributed by atoms with Gasteiger partial charge >= 0.3 is 0 Å². The van der Waals surface area contributed by atoms with Crippen LogP contribution < -0.4 is 0 Å². The first-order chi connectivity index (χ1) is 5.37.